The van der Waals surface area contributed by atoms with E-state index in [4.69, 9.17) is 27.5 Å². The predicted octanol–water partition coefficient (Wildman–Crippen LogP) is 2.38. The van der Waals surface area contributed by atoms with Gasteiger partial charge >= 0.3 is 0 Å². The number of amidine groups is 1. The topological polar surface area (TPSA) is 59.1 Å². The van der Waals surface area contributed by atoms with Gasteiger partial charge in [-0.15, -0.1) is 12.4 Å². The number of halogens is 2. The average Bonchev–Trinajstić information content (AvgIpc) is 2.07. The lowest BCUT2D eigenvalue weighted by molar-refractivity contribution is 0.374. The molecule has 0 spiro atoms. The number of hydrogen-bond donors (Lipinski definition) is 2. The highest BCUT2D eigenvalue weighted by Crippen LogP contribution is 2.20. The van der Waals surface area contributed by atoms with Crippen LogP contribution < -0.4 is 10.5 Å². The van der Waals surface area contributed by atoms with Crippen LogP contribution in [0.1, 0.15) is 5.56 Å². The number of ether oxygens (including phenoxy) is 1. The van der Waals surface area contributed by atoms with Gasteiger partial charge in [-0.1, -0.05) is 11.6 Å². The molecule has 0 fully saturated rings. The van der Waals surface area contributed by atoms with Crippen molar-refractivity contribution in [2.75, 3.05) is 6.61 Å². The van der Waals surface area contributed by atoms with E-state index in [0.29, 0.717) is 10.8 Å². The van der Waals surface area contributed by atoms with Gasteiger partial charge in [0.15, 0.2) is 0 Å². The van der Waals surface area contributed by atoms with Crippen LogP contribution in [-0.4, -0.2) is 12.4 Å². The van der Waals surface area contributed by atoms with E-state index in [2.05, 4.69) is 0 Å². The summed E-state index contributed by atoms with van der Waals surface area (Å²) in [5.41, 5.74) is 6.09. The quantitative estimate of drug-likeness (QED) is 0.624. The van der Waals surface area contributed by atoms with E-state index < -0.39 is 0 Å². The minimum Gasteiger partial charge on any atom is -0.486 e. The van der Waals surface area contributed by atoms with E-state index in [0.717, 1.165) is 5.56 Å². The Morgan fingerprint density at radius 2 is 2.21 bits per heavy atom. The maximum Gasteiger partial charge on any atom is 0.145 e. The molecule has 5 heteroatoms. The van der Waals surface area contributed by atoms with Crippen molar-refractivity contribution >= 4 is 29.8 Å². The molecule has 0 radical (unpaired) electrons. The van der Waals surface area contributed by atoms with Gasteiger partial charge in [0.2, 0.25) is 0 Å². The van der Waals surface area contributed by atoms with Crippen LogP contribution in [0.15, 0.2) is 18.2 Å². The van der Waals surface area contributed by atoms with Gasteiger partial charge in [-0.05, 0) is 30.7 Å². The van der Waals surface area contributed by atoms with Gasteiger partial charge in [0.05, 0.1) is 0 Å². The molecule has 0 aromatic heterocycles. The highest BCUT2D eigenvalue weighted by atomic mass is 35.5. The molecule has 0 heterocycles. The minimum atomic E-state index is 0. The van der Waals surface area contributed by atoms with Crippen molar-refractivity contribution in [1.82, 2.24) is 0 Å². The van der Waals surface area contributed by atoms with Gasteiger partial charge in [0.25, 0.3) is 0 Å². The number of benzene rings is 1. The molecule has 0 atom stereocenters. The van der Waals surface area contributed by atoms with Gasteiger partial charge in [0.1, 0.15) is 18.2 Å². The zero-order valence-corrected chi connectivity index (χ0v) is 9.28. The molecule has 3 N–H and O–H groups in total. The van der Waals surface area contributed by atoms with E-state index in [1.165, 1.54) is 0 Å². The second-order valence-corrected chi connectivity index (χ2v) is 3.13. The Morgan fingerprint density at radius 3 is 2.71 bits per heavy atom. The first-order valence-corrected chi connectivity index (χ1v) is 4.19. The molecule has 1 aromatic rings. The summed E-state index contributed by atoms with van der Waals surface area (Å²) in [6, 6.07) is 5.32. The maximum atomic E-state index is 6.97. The Morgan fingerprint density at radius 1 is 1.57 bits per heavy atom. The van der Waals surface area contributed by atoms with E-state index in [9.17, 15) is 0 Å². The molecule has 0 aliphatic heterocycles. The lowest BCUT2D eigenvalue weighted by atomic mass is 10.2. The lowest BCUT2D eigenvalue weighted by Gasteiger charge is -2.05. The van der Waals surface area contributed by atoms with E-state index >= 15 is 0 Å². The molecule has 1 aromatic carbocycles. The Labute approximate surface area is 94.1 Å². The van der Waals surface area contributed by atoms with E-state index in [1.807, 2.05) is 13.0 Å². The number of nitrogens with one attached hydrogen (secondary N) is 1. The molecule has 0 aliphatic carbocycles. The monoisotopic (exact) mass is 234 g/mol. The normalized spacial score (nSPS) is 9.00. The molecular formula is C9H12Cl2N2O. The molecule has 0 unspecified atom stereocenters. The van der Waals surface area contributed by atoms with Crippen molar-refractivity contribution < 1.29 is 4.74 Å². The van der Waals surface area contributed by atoms with Crippen LogP contribution in [0.5, 0.6) is 5.75 Å². The number of aryl methyl sites for hydroxylation is 1. The lowest BCUT2D eigenvalue weighted by Crippen LogP contribution is -2.19. The van der Waals surface area contributed by atoms with Crippen LogP contribution in [-0.2, 0) is 0 Å². The second kappa shape index (κ2) is 5.73. The molecule has 0 bridgehead atoms. The summed E-state index contributed by atoms with van der Waals surface area (Å²) in [7, 11) is 0. The fraction of sp³-hybridized carbons (Fsp3) is 0.222. The van der Waals surface area contributed by atoms with Crippen LogP contribution in [0.2, 0.25) is 5.02 Å². The van der Waals surface area contributed by atoms with Crippen LogP contribution >= 0.6 is 24.0 Å². The number of hydrogen-bond acceptors (Lipinski definition) is 2. The van der Waals surface area contributed by atoms with Crippen molar-refractivity contribution in [2.45, 2.75) is 6.92 Å². The van der Waals surface area contributed by atoms with Crippen LogP contribution in [0.3, 0.4) is 0 Å². The van der Waals surface area contributed by atoms with Crippen LogP contribution in [0.25, 0.3) is 0 Å². The van der Waals surface area contributed by atoms with Crippen molar-refractivity contribution in [2.24, 2.45) is 5.73 Å². The molecule has 78 valence electrons. The summed E-state index contributed by atoms with van der Waals surface area (Å²) in [4.78, 5) is 0. The van der Waals surface area contributed by atoms with Gasteiger partial charge in [-0.25, -0.2) is 0 Å². The molecule has 0 saturated carbocycles. The highest BCUT2D eigenvalue weighted by Gasteiger charge is 1.98. The number of rotatable bonds is 3. The van der Waals surface area contributed by atoms with Gasteiger partial charge < -0.3 is 10.5 Å². The van der Waals surface area contributed by atoms with Crippen LogP contribution in [0.4, 0.5) is 0 Å². The summed E-state index contributed by atoms with van der Waals surface area (Å²) in [6.07, 6.45) is 0. The third kappa shape index (κ3) is 3.85. The standard InChI is InChI=1S/C9H11ClN2O.ClH/c1-6-4-7(2-3-8(6)10)13-5-9(11)12;/h2-4H,5H2,1H3,(H3,11,12);1H. The molecule has 1 rings (SSSR count). The van der Waals surface area contributed by atoms with Crippen molar-refractivity contribution in [3.8, 4) is 5.75 Å². The van der Waals surface area contributed by atoms with Crippen molar-refractivity contribution in [3.63, 3.8) is 0 Å². The third-order valence-electron chi connectivity index (χ3n) is 1.52. The Balaban J connectivity index is 0.00000169. The zero-order valence-electron chi connectivity index (χ0n) is 7.71. The molecule has 0 saturated heterocycles. The summed E-state index contributed by atoms with van der Waals surface area (Å²) in [5, 5.41) is 7.67. The smallest absolute Gasteiger partial charge is 0.145 e. The van der Waals surface area contributed by atoms with Crippen LogP contribution in [0, 0.1) is 12.3 Å². The average molecular weight is 235 g/mol. The first-order chi connectivity index (χ1) is 6.09. The fourth-order valence-corrected chi connectivity index (χ4v) is 0.986. The molecule has 14 heavy (non-hydrogen) atoms. The predicted molar refractivity (Wildman–Crippen MR) is 60.8 cm³/mol. The van der Waals surface area contributed by atoms with Crippen molar-refractivity contribution in [3.05, 3.63) is 28.8 Å². The Kier molecular flexibility index (Phi) is 5.35. The first kappa shape index (κ1) is 13.1. The minimum absolute atomic E-state index is 0. The Bertz CT molecular complexity index is 329. The highest BCUT2D eigenvalue weighted by molar-refractivity contribution is 6.31. The van der Waals surface area contributed by atoms with Crippen molar-refractivity contribution in [1.29, 1.82) is 5.41 Å². The molecule has 3 nitrogen and oxygen atoms in total. The van der Waals surface area contributed by atoms with Gasteiger partial charge in [-0.3, -0.25) is 5.41 Å². The first-order valence-electron chi connectivity index (χ1n) is 3.81. The maximum absolute atomic E-state index is 6.97. The summed E-state index contributed by atoms with van der Waals surface area (Å²) >= 11 is 5.82. The van der Waals surface area contributed by atoms with E-state index in [1.54, 1.807) is 12.1 Å². The summed E-state index contributed by atoms with van der Waals surface area (Å²) < 4.78 is 5.20. The number of nitrogens with two attached hydrogens (primary N) is 1. The molecular weight excluding hydrogens is 223 g/mol. The van der Waals surface area contributed by atoms with Gasteiger partial charge in [0, 0.05) is 5.02 Å². The third-order valence-corrected chi connectivity index (χ3v) is 1.95. The summed E-state index contributed by atoms with van der Waals surface area (Å²) in [6.45, 7) is 2.00. The molecule has 0 aliphatic rings. The van der Waals surface area contributed by atoms with Gasteiger partial charge in [-0.2, -0.15) is 0 Å². The largest absolute Gasteiger partial charge is 0.486 e. The molecule has 0 amide bonds. The van der Waals surface area contributed by atoms with E-state index in [-0.39, 0.29) is 24.8 Å². The zero-order chi connectivity index (χ0) is 9.84. The Hall–Kier alpha value is -0.930. The SMILES string of the molecule is Cc1cc(OCC(=N)N)ccc1Cl.Cl. The second-order valence-electron chi connectivity index (χ2n) is 2.72. The fourth-order valence-electron chi connectivity index (χ4n) is 0.868. The summed E-state index contributed by atoms with van der Waals surface area (Å²) in [5.74, 6) is 0.685.